The van der Waals surface area contributed by atoms with E-state index in [2.05, 4.69) is 39.1 Å². The molecule has 1 amide bonds. The Labute approximate surface area is 161 Å². The molecule has 0 unspecified atom stereocenters. The molecule has 3 rings (SSSR count). The number of carbonyl (C=O) groups is 1. The summed E-state index contributed by atoms with van der Waals surface area (Å²) >= 11 is 5.01. The summed E-state index contributed by atoms with van der Waals surface area (Å²) < 4.78 is 6.43. The van der Waals surface area contributed by atoms with Crippen molar-refractivity contribution < 1.29 is 9.53 Å². The molecular formula is C19H21BrN2O2S. The Hall–Kier alpha value is -1.50. The number of rotatable bonds is 5. The minimum absolute atomic E-state index is 0.00596. The first-order valence-electron chi connectivity index (χ1n) is 8.23. The molecule has 6 heteroatoms. The lowest BCUT2D eigenvalue weighted by Crippen LogP contribution is -2.36. The summed E-state index contributed by atoms with van der Waals surface area (Å²) in [5.41, 5.74) is 3.17. The van der Waals surface area contributed by atoms with Crippen molar-refractivity contribution in [2.45, 2.75) is 11.8 Å². The fraction of sp³-hybridized carbons (Fsp3) is 0.316. The summed E-state index contributed by atoms with van der Waals surface area (Å²) in [6, 6.07) is 14.1. The molecule has 1 saturated heterocycles. The third kappa shape index (κ3) is 5.23. The van der Waals surface area contributed by atoms with E-state index in [1.807, 2.05) is 36.4 Å². The average Bonchev–Trinajstić information content (AvgIpc) is 2.62. The van der Waals surface area contributed by atoms with Crippen molar-refractivity contribution >= 4 is 45.0 Å². The van der Waals surface area contributed by atoms with Crippen LogP contribution in [0.25, 0.3) is 0 Å². The molecule has 1 fully saturated rings. The summed E-state index contributed by atoms with van der Waals surface area (Å²) in [5, 5.41) is 2.96. The number of nitrogens with one attached hydrogen (secondary N) is 1. The molecule has 1 aliphatic rings. The van der Waals surface area contributed by atoms with Crippen LogP contribution in [0, 0.1) is 6.92 Å². The number of thioether (sulfide) groups is 1. The van der Waals surface area contributed by atoms with E-state index >= 15 is 0 Å². The lowest BCUT2D eigenvalue weighted by Gasteiger charge is -2.28. The molecule has 1 heterocycles. The summed E-state index contributed by atoms with van der Waals surface area (Å²) in [7, 11) is 0. The van der Waals surface area contributed by atoms with Crippen LogP contribution in [-0.2, 0) is 9.53 Å². The maximum Gasteiger partial charge on any atom is 0.234 e. The average molecular weight is 421 g/mol. The van der Waals surface area contributed by atoms with Crippen LogP contribution in [0.2, 0.25) is 0 Å². The van der Waals surface area contributed by atoms with Crippen LogP contribution in [0.4, 0.5) is 11.4 Å². The molecule has 132 valence electrons. The molecule has 0 spiro atoms. The van der Waals surface area contributed by atoms with Gasteiger partial charge < -0.3 is 15.0 Å². The highest BCUT2D eigenvalue weighted by molar-refractivity contribution is 9.10. The zero-order valence-electron chi connectivity index (χ0n) is 14.1. The van der Waals surface area contributed by atoms with Crippen LogP contribution >= 0.6 is 27.7 Å². The van der Waals surface area contributed by atoms with Crippen molar-refractivity contribution in [2.75, 3.05) is 42.3 Å². The minimum Gasteiger partial charge on any atom is -0.378 e. The lowest BCUT2D eigenvalue weighted by molar-refractivity contribution is -0.113. The zero-order chi connectivity index (χ0) is 17.6. The first kappa shape index (κ1) is 18.3. The first-order valence-corrected chi connectivity index (χ1v) is 10.0. The normalized spacial score (nSPS) is 14.4. The van der Waals surface area contributed by atoms with E-state index in [9.17, 15) is 4.79 Å². The van der Waals surface area contributed by atoms with Crippen molar-refractivity contribution in [2.24, 2.45) is 0 Å². The number of hydrogen-bond donors (Lipinski definition) is 1. The van der Waals surface area contributed by atoms with E-state index in [0.717, 1.165) is 41.4 Å². The van der Waals surface area contributed by atoms with Crippen LogP contribution in [0.3, 0.4) is 0 Å². The Morgan fingerprint density at radius 1 is 1.20 bits per heavy atom. The van der Waals surface area contributed by atoms with Gasteiger partial charge in [-0.3, -0.25) is 4.79 Å². The topological polar surface area (TPSA) is 41.6 Å². The predicted octanol–water partition coefficient (Wildman–Crippen LogP) is 4.32. The number of nitrogens with zero attached hydrogens (tertiary/aromatic N) is 1. The number of amides is 1. The highest BCUT2D eigenvalue weighted by Crippen LogP contribution is 2.25. The van der Waals surface area contributed by atoms with Gasteiger partial charge in [-0.05, 0) is 55.0 Å². The Bertz CT molecular complexity index is 731. The number of ether oxygens (including phenoxy) is 1. The first-order chi connectivity index (χ1) is 12.1. The van der Waals surface area contributed by atoms with Crippen LogP contribution in [0.5, 0.6) is 0 Å². The number of morpholine rings is 1. The Morgan fingerprint density at radius 3 is 2.60 bits per heavy atom. The van der Waals surface area contributed by atoms with Crippen molar-refractivity contribution in [3.63, 3.8) is 0 Å². The standard InChI is InChI=1S/C19H21BrN2O2S/c1-14-12-15(20)2-7-18(14)25-13-19(23)21-16-3-5-17(6-4-16)22-8-10-24-11-9-22/h2-7,12H,8-11,13H2,1H3,(H,21,23). The van der Waals surface area contributed by atoms with E-state index in [1.165, 1.54) is 11.3 Å². The van der Waals surface area contributed by atoms with Crippen LogP contribution < -0.4 is 10.2 Å². The van der Waals surface area contributed by atoms with Crippen molar-refractivity contribution in [1.82, 2.24) is 0 Å². The van der Waals surface area contributed by atoms with Gasteiger partial charge in [-0.2, -0.15) is 0 Å². The Morgan fingerprint density at radius 2 is 1.92 bits per heavy atom. The van der Waals surface area contributed by atoms with Gasteiger partial charge in [0.15, 0.2) is 0 Å². The van der Waals surface area contributed by atoms with Gasteiger partial charge in [0.05, 0.1) is 19.0 Å². The molecule has 1 aliphatic heterocycles. The highest BCUT2D eigenvalue weighted by atomic mass is 79.9. The summed E-state index contributed by atoms with van der Waals surface area (Å²) in [6.07, 6.45) is 0. The second-order valence-electron chi connectivity index (χ2n) is 5.89. The molecule has 25 heavy (non-hydrogen) atoms. The Kier molecular flexibility index (Phi) is 6.39. The number of benzene rings is 2. The monoisotopic (exact) mass is 420 g/mol. The van der Waals surface area contributed by atoms with Crippen molar-refractivity contribution in [3.05, 3.63) is 52.5 Å². The van der Waals surface area contributed by atoms with Crippen molar-refractivity contribution in [3.8, 4) is 0 Å². The summed E-state index contributed by atoms with van der Waals surface area (Å²) in [6.45, 7) is 5.41. The van der Waals surface area contributed by atoms with E-state index in [1.54, 1.807) is 11.8 Å². The van der Waals surface area contributed by atoms with E-state index < -0.39 is 0 Å². The molecular weight excluding hydrogens is 400 g/mol. The van der Waals surface area contributed by atoms with Gasteiger partial charge in [-0.1, -0.05) is 15.9 Å². The second kappa shape index (κ2) is 8.74. The van der Waals surface area contributed by atoms with Gasteiger partial charge >= 0.3 is 0 Å². The maximum atomic E-state index is 12.2. The molecule has 0 saturated carbocycles. The van der Waals surface area contributed by atoms with Gasteiger partial charge in [-0.15, -0.1) is 11.8 Å². The molecule has 2 aromatic carbocycles. The SMILES string of the molecule is Cc1cc(Br)ccc1SCC(=O)Nc1ccc(N2CCOCC2)cc1. The van der Waals surface area contributed by atoms with E-state index in [4.69, 9.17) is 4.74 Å². The molecule has 0 aromatic heterocycles. The Balaban J connectivity index is 1.52. The highest BCUT2D eigenvalue weighted by Gasteiger charge is 2.11. The minimum atomic E-state index is 0.00596. The summed E-state index contributed by atoms with van der Waals surface area (Å²) in [4.78, 5) is 15.6. The number of anilines is 2. The van der Waals surface area contributed by atoms with Gasteiger partial charge in [0.1, 0.15) is 0 Å². The van der Waals surface area contributed by atoms with Crippen molar-refractivity contribution in [1.29, 1.82) is 0 Å². The van der Waals surface area contributed by atoms with Gasteiger partial charge in [-0.25, -0.2) is 0 Å². The second-order valence-corrected chi connectivity index (χ2v) is 7.83. The molecule has 0 radical (unpaired) electrons. The number of carbonyl (C=O) groups excluding carboxylic acids is 1. The number of halogens is 1. The molecule has 2 aromatic rings. The molecule has 4 nitrogen and oxygen atoms in total. The smallest absolute Gasteiger partial charge is 0.234 e. The number of aryl methyl sites for hydroxylation is 1. The molecule has 0 bridgehead atoms. The third-order valence-electron chi connectivity index (χ3n) is 4.02. The summed E-state index contributed by atoms with van der Waals surface area (Å²) in [5.74, 6) is 0.402. The molecule has 0 aliphatic carbocycles. The van der Waals surface area contributed by atoms with Crippen LogP contribution in [0.15, 0.2) is 51.8 Å². The van der Waals surface area contributed by atoms with Gasteiger partial charge in [0.2, 0.25) is 5.91 Å². The van der Waals surface area contributed by atoms with Gasteiger partial charge in [0.25, 0.3) is 0 Å². The lowest BCUT2D eigenvalue weighted by atomic mass is 10.2. The quantitative estimate of drug-likeness (QED) is 0.730. The third-order valence-corrected chi connectivity index (χ3v) is 5.69. The van der Waals surface area contributed by atoms with E-state index in [-0.39, 0.29) is 5.91 Å². The molecule has 0 atom stereocenters. The predicted molar refractivity (Wildman–Crippen MR) is 108 cm³/mol. The van der Waals surface area contributed by atoms with Gasteiger partial charge in [0, 0.05) is 33.8 Å². The molecule has 1 N–H and O–H groups in total. The fourth-order valence-corrected chi connectivity index (χ4v) is 3.98. The van der Waals surface area contributed by atoms with Crippen LogP contribution in [-0.4, -0.2) is 38.0 Å². The number of hydrogen-bond acceptors (Lipinski definition) is 4. The maximum absolute atomic E-state index is 12.2. The zero-order valence-corrected chi connectivity index (χ0v) is 16.5. The largest absolute Gasteiger partial charge is 0.378 e. The van der Waals surface area contributed by atoms with Crippen LogP contribution in [0.1, 0.15) is 5.56 Å². The van der Waals surface area contributed by atoms with E-state index in [0.29, 0.717) is 5.75 Å². The fourth-order valence-electron chi connectivity index (χ4n) is 2.69.